The molecule has 0 aromatic carbocycles. The van der Waals surface area contributed by atoms with Gasteiger partial charge in [0.2, 0.25) is 15.9 Å². The standard InChI is InChI=1S/C18H33N5O3S/c1-6-19-17(21-13-16-20-12-15(26-16)18(3,4)5)22-14-8-10-23(11-9-14)27(24,25)7-2/h12,14H,6-11,13H2,1-5H3,(H2,19,21,22). The number of hydrogen-bond donors (Lipinski definition) is 2. The predicted octanol–water partition coefficient (Wildman–Crippen LogP) is 1.84. The second-order valence-electron chi connectivity index (χ2n) is 7.78. The summed E-state index contributed by atoms with van der Waals surface area (Å²) in [5.74, 6) is 2.28. The summed E-state index contributed by atoms with van der Waals surface area (Å²) in [7, 11) is -3.10. The lowest BCUT2D eigenvalue weighted by atomic mass is 9.94. The molecule has 1 saturated heterocycles. The molecule has 9 heteroatoms. The van der Waals surface area contributed by atoms with E-state index in [1.807, 2.05) is 6.92 Å². The molecule has 0 bridgehead atoms. The number of guanidine groups is 1. The van der Waals surface area contributed by atoms with E-state index in [1.165, 1.54) is 0 Å². The maximum absolute atomic E-state index is 12.0. The van der Waals surface area contributed by atoms with Crippen molar-refractivity contribution < 1.29 is 12.8 Å². The van der Waals surface area contributed by atoms with Crippen molar-refractivity contribution in [1.82, 2.24) is 19.9 Å². The van der Waals surface area contributed by atoms with Crippen LogP contribution in [0.3, 0.4) is 0 Å². The van der Waals surface area contributed by atoms with Gasteiger partial charge in [-0.1, -0.05) is 20.8 Å². The van der Waals surface area contributed by atoms with Crippen LogP contribution < -0.4 is 10.6 Å². The molecule has 0 amide bonds. The van der Waals surface area contributed by atoms with Gasteiger partial charge in [-0.05, 0) is 26.7 Å². The third-order valence-electron chi connectivity index (χ3n) is 4.56. The van der Waals surface area contributed by atoms with E-state index in [2.05, 4.69) is 41.4 Å². The smallest absolute Gasteiger partial charge is 0.216 e. The first-order chi connectivity index (χ1) is 12.7. The van der Waals surface area contributed by atoms with E-state index in [0.29, 0.717) is 31.5 Å². The van der Waals surface area contributed by atoms with Gasteiger partial charge in [-0.3, -0.25) is 0 Å². The van der Waals surface area contributed by atoms with E-state index in [9.17, 15) is 8.42 Å². The van der Waals surface area contributed by atoms with Crippen molar-refractivity contribution >= 4 is 16.0 Å². The monoisotopic (exact) mass is 399 g/mol. The molecular formula is C18H33N5O3S. The minimum Gasteiger partial charge on any atom is -0.443 e. The van der Waals surface area contributed by atoms with Gasteiger partial charge in [-0.25, -0.2) is 22.7 Å². The predicted molar refractivity (Wildman–Crippen MR) is 107 cm³/mol. The first kappa shape index (κ1) is 21.7. The van der Waals surface area contributed by atoms with Crippen LogP contribution in [-0.2, 0) is 22.0 Å². The number of sulfonamides is 1. The number of nitrogens with one attached hydrogen (secondary N) is 2. The van der Waals surface area contributed by atoms with Gasteiger partial charge in [-0.2, -0.15) is 0 Å². The fourth-order valence-electron chi connectivity index (χ4n) is 2.85. The zero-order chi connectivity index (χ0) is 20.1. The van der Waals surface area contributed by atoms with Gasteiger partial charge < -0.3 is 15.1 Å². The molecular weight excluding hydrogens is 366 g/mol. The molecule has 0 atom stereocenters. The van der Waals surface area contributed by atoms with Crippen LogP contribution in [0.2, 0.25) is 0 Å². The Labute approximate surface area is 162 Å². The van der Waals surface area contributed by atoms with Crippen molar-refractivity contribution in [2.24, 2.45) is 4.99 Å². The Morgan fingerprint density at radius 1 is 1.33 bits per heavy atom. The molecule has 8 nitrogen and oxygen atoms in total. The second-order valence-corrected chi connectivity index (χ2v) is 10.0. The molecule has 0 radical (unpaired) electrons. The van der Waals surface area contributed by atoms with Crippen LogP contribution in [0.25, 0.3) is 0 Å². The van der Waals surface area contributed by atoms with Crippen LogP contribution in [-0.4, -0.2) is 55.1 Å². The molecule has 2 N–H and O–H groups in total. The molecule has 1 aromatic heterocycles. The normalized spacial score (nSPS) is 17.9. The molecule has 1 fully saturated rings. The highest BCUT2D eigenvalue weighted by Gasteiger charge is 2.27. The van der Waals surface area contributed by atoms with E-state index < -0.39 is 10.0 Å². The number of oxazole rings is 1. The fourth-order valence-corrected chi connectivity index (χ4v) is 3.98. The Morgan fingerprint density at radius 2 is 2.00 bits per heavy atom. The lowest BCUT2D eigenvalue weighted by molar-refractivity contribution is 0.306. The maximum atomic E-state index is 12.0. The molecule has 2 heterocycles. The molecule has 1 aromatic rings. The van der Waals surface area contributed by atoms with Crippen LogP contribution in [0, 0.1) is 0 Å². The second kappa shape index (κ2) is 9.05. The van der Waals surface area contributed by atoms with Crippen LogP contribution >= 0.6 is 0 Å². The van der Waals surface area contributed by atoms with Crippen LogP contribution in [0.4, 0.5) is 0 Å². The van der Waals surface area contributed by atoms with Crippen LogP contribution in [0.15, 0.2) is 15.6 Å². The topological polar surface area (TPSA) is 99.8 Å². The first-order valence-electron chi connectivity index (χ1n) is 9.63. The quantitative estimate of drug-likeness (QED) is 0.559. The maximum Gasteiger partial charge on any atom is 0.216 e. The zero-order valence-corrected chi connectivity index (χ0v) is 17.9. The molecule has 0 unspecified atom stereocenters. The van der Waals surface area contributed by atoms with Crippen molar-refractivity contribution in [3.05, 3.63) is 17.8 Å². The molecule has 1 aliphatic rings. The summed E-state index contributed by atoms with van der Waals surface area (Å²) < 4.78 is 31.3. The van der Waals surface area contributed by atoms with Crippen molar-refractivity contribution in [3.8, 4) is 0 Å². The number of hydrogen-bond acceptors (Lipinski definition) is 5. The molecule has 0 saturated carbocycles. The number of piperidine rings is 1. The summed E-state index contributed by atoms with van der Waals surface area (Å²) >= 11 is 0. The van der Waals surface area contributed by atoms with Gasteiger partial charge >= 0.3 is 0 Å². The Morgan fingerprint density at radius 3 is 2.52 bits per heavy atom. The van der Waals surface area contributed by atoms with Gasteiger partial charge in [0.1, 0.15) is 12.3 Å². The minimum atomic E-state index is -3.10. The number of aromatic nitrogens is 1. The molecule has 0 spiro atoms. The Kier molecular flexibility index (Phi) is 7.27. The Hall–Kier alpha value is -1.61. The molecule has 2 rings (SSSR count). The number of rotatable bonds is 6. The molecule has 1 aliphatic heterocycles. The first-order valence-corrected chi connectivity index (χ1v) is 11.2. The molecule has 154 valence electrons. The summed E-state index contributed by atoms with van der Waals surface area (Å²) in [6, 6.07) is 0.195. The van der Waals surface area contributed by atoms with Gasteiger partial charge in [0.05, 0.1) is 11.9 Å². The van der Waals surface area contributed by atoms with E-state index in [4.69, 9.17) is 4.42 Å². The van der Waals surface area contributed by atoms with Gasteiger partial charge in [0.15, 0.2) is 5.96 Å². The van der Waals surface area contributed by atoms with Crippen molar-refractivity contribution in [2.45, 2.75) is 65.5 Å². The van der Waals surface area contributed by atoms with E-state index in [1.54, 1.807) is 17.4 Å². The lowest BCUT2D eigenvalue weighted by Crippen LogP contribution is -2.50. The van der Waals surface area contributed by atoms with Crippen molar-refractivity contribution in [1.29, 1.82) is 0 Å². The zero-order valence-electron chi connectivity index (χ0n) is 17.1. The number of nitrogens with zero attached hydrogens (tertiary/aromatic N) is 3. The minimum absolute atomic E-state index is 0.0789. The third kappa shape index (κ3) is 6.21. The SMILES string of the molecule is CCNC(=NCc1ncc(C(C)(C)C)o1)NC1CCN(S(=O)(=O)CC)CC1. The molecule has 0 aliphatic carbocycles. The third-order valence-corrected chi connectivity index (χ3v) is 6.44. The average Bonchev–Trinajstić information content (AvgIpc) is 3.10. The van der Waals surface area contributed by atoms with E-state index in [-0.39, 0.29) is 17.2 Å². The summed E-state index contributed by atoms with van der Waals surface area (Å²) in [6.07, 6.45) is 3.28. The fraction of sp³-hybridized carbons (Fsp3) is 0.778. The molecule has 27 heavy (non-hydrogen) atoms. The van der Waals surface area contributed by atoms with Gasteiger partial charge in [-0.15, -0.1) is 0 Å². The summed E-state index contributed by atoms with van der Waals surface area (Å²) in [4.78, 5) is 8.87. The van der Waals surface area contributed by atoms with E-state index in [0.717, 1.165) is 25.1 Å². The van der Waals surface area contributed by atoms with Gasteiger partial charge in [0.25, 0.3) is 0 Å². The van der Waals surface area contributed by atoms with Crippen LogP contribution in [0.1, 0.15) is 59.1 Å². The van der Waals surface area contributed by atoms with E-state index >= 15 is 0 Å². The van der Waals surface area contributed by atoms with Gasteiger partial charge in [0, 0.05) is 31.1 Å². The average molecular weight is 400 g/mol. The highest BCUT2D eigenvalue weighted by Crippen LogP contribution is 2.22. The summed E-state index contributed by atoms with van der Waals surface area (Å²) in [6.45, 7) is 12.1. The number of aliphatic imine (C=N–C) groups is 1. The van der Waals surface area contributed by atoms with Crippen LogP contribution in [0.5, 0.6) is 0 Å². The van der Waals surface area contributed by atoms with Crippen molar-refractivity contribution in [3.63, 3.8) is 0 Å². The summed E-state index contributed by atoms with van der Waals surface area (Å²) in [5, 5.41) is 6.63. The summed E-state index contributed by atoms with van der Waals surface area (Å²) in [5.41, 5.74) is -0.0789. The highest BCUT2D eigenvalue weighted by atomic mass is 32.2. The Balaban J connectivity index is 1.94. The largest absolute Gasteiger partial charge is 0.443 e. The highest BCUT2D eigenvalue weighted by molar-refractivity contribution is 7.89. The Bertz CT molecular complexity index is 728. The van der Waals surface area contributed by atoms with Crippen molar-refractivity contribution in [2.75, 3.05) is 25.4 Å². The lowest BCUT2D eigenvalue weighted by Gasteiger charge is -2.32.